The molecule has 1 aromatic carbocycles. The molecule has 1 heterocycles. The van der Waals surface area contributed by atoms with Crippen LogP contribution in [0.5, 0.6) is 0 Å². The number of nitrogens with zero attached hydrogens (tertiary/aromatic N) is 2. The van der Waals surface area contributed by atoms with Gasteiger partial charge in [0.15, 0.2) is 5.58 Å². The Hall–Kier alpha value is -1.76. The molecule has 0 radical (unpaired) electrons. The largest absolute Gasteiger partial charge is 0.423 e. The Kier molecular flexibility index (Phi) is 4.01. The van der Waals surface area contributed by atoms with Crippen LogP contribution in [0, 0.1) is 10.1 Å². The summed E-state index contributed by atoms with van der Waals surface area (Å²) in [5.74, 6) is 0. The molecule has 1 aliphatic rings. The quantitative estimate of drug-likeness (QED) is 0.683. The third-order valence-electron chi connectivity index (χ3n) is 3.92. The fourth-order valence-corrected chi connectivity index (χ4v) is 3.45. The number of nitro benzene ring substituents is 1. The van der Waals surface area contributed by atoms with Gasteiger partial charge >= 0.3 is 0 Å². The summed E-state index contributed by atoms with van der Waals surface area (Å²) in [6.07, 6.45) is 6.76. The zero-order valence-corrected chi connectivity index (χ0v) is 12.6. The summed E-state index contributed by atoms with van der Waals surface area (Å²) in [5.41, 5.74) is 1.11. The summed E-state index contributed by atoms with van der Waals surface area (Å²) in [6, 6.07) is 5.30. The van der Waals surface area contributed by atoms with E-state index in [1.807, 2.05) is 11.8 Å². The number of thioether (sulfide) groups is 1. The van der Waals surface area contributed by atoms with Crippen molar-refractivity contribution < 1.29 is 9.34 Å². The molecule has 1 fully saturated rings. The second kappa shape index (κ2) is 5.93. The van der Waals surface area contributed by atoms with Gasteiger partial charge < -0.3 is 9.73 Å². The van der Waals surface area contributed by atoms with Crippen molar-refractivity contribution in [1.29, 1.82) is 0 Å². The van der Waals surface area contributed by atoms with Crippen molar-refractivity contribution in [3.05, 3.63) is 28.3 Å². The Balaban J connectivity index is 1.71. The maximum atomic E-state index is 10.8. The number of benzene rings is 1. The number of nitro groups is 1. The molecule has 0 spiro atoms. The van der Waals surface area contributed by atoms with Gasteiger partial charge in [0.2, 0.25) is 0 Å². The highest BCUT2D eigenvalue weighted by molar-refractivity contribution is 7.99. The molecule has 21 heavy (non-hydrogen) atoms. The van der Waals surface area contributed by atoms with Crippen molar-refractivity contribution >= 4 is 34.6 Å². The predicted octanol–water partition coefficient (Wildman–Crippen LogP) is 3.82. The smallest absolute Gasteiger partial charge is 0.295 e. The van der Waals surface area contributed by atoms with Crippen LogP contribution in [0.3, 0.4) is 0 Å². The first-order valence-electron chi connectivity index (χ1n) is 7.00. The molecule has 0 unspecified atom stereocenters. The zero-order valence-electron chi connectivity index (χ0n) is 11.7. The van der Waals surface area contributed by atoms with Crippen molar-refractivity contribution in [2.24, 2.45) is 0 Å². The van der Waals surface area contributed by atoms with Crippen molar-refractivity contribution in [1.82, 2.24) is 4.98 Å². The van der Waals surface area contributed by atoms with E-state index in [1.165, 1.54) is 25.0 Å². The van der Waals surface area contributed by atoms with Crippen LogP contribution in [0.1, 0.15) is 25.7 Å². The molecule has 1 N–H and O–H groups in total. The monoisotopic (exact) mass is 307 g/mol. The van der Waals surface area contributed by atoms with Gasteiger partial charge in [0.05, 0.1) is 11.0 Å². The lowest BCUT2D eigenvalue weighted by atomic mass is 9.95. The average molecular weight is 307 g/mol. The summed E-state index contributed by atoms with van der Waals surface area (Å²) in [5, 5.41) is 14.8. The highest BCUT2D eigenvalue weighted by Crippen LogP contribution is 2.30. The molecule has 0 amide bonds. The van der Waals surface area contributed by atoms with E-state index in [4.69, 9.17) is 4.42 Å². The van der Waals surface area contributed by atoms with E-state index in [2.05, 4.69) is 16.6 Å². The topological polar surface area (TPSA) is 81.2 Å². The first kappa shape index (κ1) is 14.2. The molecular formula is C14H17N3O3S. The van der Waals surface area contributed by atoms with Gasteiger partial charge in [-0.1, -0.05) is 0 Å². The molecular weight excluding hydrogens is 290 g/mol. The Morgan fingerprint density at radius 3 is 2.81 bits per heavy atom. The third-order valence-corrected chi connectivity index (χ3v) is 5.06. The number of hydrogen-bond acceptors (Lipinski definition) is 6. The van der Waals surface area contributed by atoms with Gasteiger partial charge in [0, 0.05) is 17.4 Å². The minimum Gasteiger partial charge on any atom is -0.423 e. The number of rotatable bonds is 4. The Morgan fingerprint density at radius 1 is 1.38 bits per heavy atom. The van der Waals surface area contributed by atoms with Crippen molar-refractivity contribution in [3.63, 3.8) is 0 Å². The SMILES string of the molecule is CSC1CCC(Nc2nc3ccc([N+](=O)[O-])cc3o2)CC1. The second-order valence-electron chi connectivity index (χ2n) is 5.28. The molecule has 0 aliphatic heterocycles. The number of hydrogen-bond donors (Lipinski definition) is 1. The van der Waals surface area contributed by atoms with E-state index < -0.39 is 4.92 Å². The van der Waals surface area contributed by atoms with Crippen LogP contribution in [0.4, 0.5) is 11.7 Å². The third kappa shape index (κ3) is 3.12. The molecule has 1 aromatic heterocycles. The van der Waals surface area contributed by atoms with Crippen LogP contribution in [0.2, 0.25) is 0 Å². The molecule has 6 nitrogen and oxygen atoms in total. The van der Waals surface area contributed by atoms with Crippen molar-refractivity contribution in [2.75, 3.05) is 11.6 Å². The minimum atomic E-state index is -0.432. The highest BCUT2D eigenvalue weighted by atomic mass is 32.2. The van der Waals surface area contributed by atoms with Crippen molar-refractivity contribution in [3.8, 4) is 0 Å². The van der Waals surface area contributed by atoms with Gasteiger partial charge in [-0.05, 0) is 38.0 Å². The van der Waals surface area contributed by atoms with Crippen LogP contribution in [0.15, 0.2) is 22.6 Å². The summed E-state index contributed by atoms with van der Waals surface area (Å²) >= 11 is 1.93. The van der Waals surface area contributed by atoms with E-state index in [0.717, 1.165) is 18.1 Å². The summed E-state index contributed by atoms with van der Waals surface area (Å²) in [7, 11) is 0. The summed E-state index contributed by atoms with van der Waals surface area (Å²) < 4.78 is 5.58. The number of nitrogens with one attached hydrogen (secondary N) is 1. The minimum absolute atomic E-state index is 0.0191. The Labute approximate surface area is 126 Å². The van der Waals surface area contributed by atoms with Gasteiger partial charge in [-0.15, -0.1) is 0 Å². The fourth-order valence-electron chi connectivity index (χ4n) is 2.71. The Bertz CT molecular complexity index is 650. The van der Waals surface area contributed by atoms with Gasteiger partial charge in [-0.25, -0.2) is 0 Å². The van der Waals surface area contributed by atoms with Crippen LogP contribution in [-0.2, 0) is 0 Å². The second-order valence-corrected chi connectivity index (χ2v) is 6.42. The molecule has 1 saturated carbocycles. The van der Waals surface area contributed by atoms with E-state index >= 15 is 0 Å². The number of fused-ring (bicyclic) bond motifs is 1. The summed E-state index contributed by atoms with van der Waals surface area (Å²) in [4.78, 5) is 14.7. The fraction of sp³-hybridized carbons (Fsp3) is 0.500. The van der Waals surface area contributed by atoms with E-state index in [-0.39, 0.29) is 5.69 Å². The van der Waals surface area contributed by atoms with Crippen LogP contribution >= 0.6 is 11.8 Å². The molecule has 3 rings (SSSR count). The van der Waals surface area contributed by atoms with E-state index in [9.17, 15) is 10.1 Å². The number of aromatic nitrogens is 1. The van der Waals surface area contributed by atoms with Crippen LogP contribution < -0.4 is 5.32 Å². The zero-order chi connectivity index (χ0) is 14.8. The first-order chi connectivity index (χ1) is 10.2. The molecule has 0 atom stereocenters. The van der Waals surface area contributed by atoms with E-state index in [0.29, 0.717) is 23.2 Å². The lowest BCUT2D eigenvalue weighted by Crippen LogP contribution is -2.27. The maximum absolute atomic E-state index is 10.8. The van der Waals surface area contributed by atoms with Crippen LogP contribution in [-0.4, -0.2) is 27.5 Å². The van der Waals surface area contributed by atoms with Crippen LogP contribution in [0.25, 0.3) is 11.1 Å². The number of non-ortho nitro benzene ring substituents is 1. The lowest BCUT2D eigenvalue weighted by Gasteiger charge is -2.27. The van der Waals surface area contributed by atoms with Gasteiger partial charge in [0.1, 0.15) is 5.52 Å². The first-order valence-corrected chi connectivity index (χ1v) is 8.29. The molecule has 1 aliphatic carbocycles. The predicted molar refractivity (Wildman–Crippen MR) is 83.8 cm³/mol. The molecule has 2 aromatic rings. The molecule has 7 heteroatoms. The number of oxazole rings is 1. The molecule has 112 valence electrons. The maximum Gasteiger partial charge on any atom is 0.295 e. The standard InChI is InChI=1S/C14H17N3O3S/c1-21-11-5-2-9(3-6-11)15-14-16-12-7-4-10(17(18)19)8-13(12)20-14/h4,7-9,11H,2-3,5-6H2,1H3,(H,15,16). The van der Waals surface area contributed by atoms with E-state index in [1.54, 1.807) is 6.07 Å². The normalized spacial score (nSPS) is 22.3. The average Bonchev–Trinajstić information content (AvgIpc) is 2.89. The van der Waals surface area contributed by atoms with Crippen molar-refractivity contribution in [2.45, 2.75) is 37.0 Å². The summed E-state index contributed by atoms with van der Waals surface area (Å²) in [6.45, 7) is 0. The number of anilines is 1. The van der Waals surface area contributed by atoms with Gasteiger partial charge in [-0.2, -0.15) is 16.7 Å². The molecule has 0 bridgehead atoms. The van der Waals surface area contributed by atoms with Gasteiger partial charge in [0.25, 0.3) is 11.7 Å². The van der Waals surface area contributed by atoms with Gasteiger partial charge in [-0.3, -0.25) is 10.1 Å². The lowest BCUT2D eigenvalue weighted by molar-refractivity contribution is -0.384. The molecule has 0 saturated heterocycles. The Morgan fingerprint density at radius 2 is 2.14 bits per heavy atom. The highest BCUT2D eigenvalue weighted by Gasteiger charge is 2.22.